The quantitative estimate of drug-likeness (QED) is 0.742. The smallest absolute Gasteiger partial charge is 0.323 e. The highest BCUT2D eigenvalue weighted by molar-refractivity contribution is 5.78. The van der Waals surface area contributed by atoms with Crippen molar-refractivity contribution in [2.45, 2.75) is 52.1 Å². The summed E-state index contributed by atoms with van der Waals surface area (Å²) in [5, 5.41) is 12.4. The molecule has 0 aromatic heterocycles. The number of rotatable bonds is 6. The van der Waals surface area contributed by atoms with Gasteiger partial charge in [0, 0.05) is 19.1 Å². The van der Waals surface area contributed by atoms with Crippen LogP contribution in [0.1, 0.15) is 40.5 Å². The van der Waals surface area contributed by atoms with Crippen LogP contribution in [0.25, 0.3) is 0 Å². The van der Waals surface area contributed by atoms with E-state index < -0.39 is 11.5 Å². The lowest BCUT2D eigenvalue weighted by Gasteiger charge is -2.27. The van der Waals surface area contributed by atoms with Gasteiger partial charge in [-0.05, 0) is 46.1 Å². The highest BCUT2D eigenvalue weighted by Gasteiger charge is 2.32. The number of carboxylic acids is 1. The van der Waals surface area contributed by atoms with Crippen LogP contribution < -0.4 is 5.32 Å². The highest BCUT2D eigenvalue weighted by atomic mass is 16.4. The monoisotopic (exact) mass is 242 g/mol. The lowest BCUT2D eigenvalue weighted by atomic mass is 9.97. The summed E-state index contributed by atoms with van der Waals surface area (Å²) in [4.78, 5) is 13.6. The third-order valence-corrected chi connectivity index (χ3v) is 4.01. The number of carboxylic acid groups (broad SMARTS) is 1. The SMILES string of the molecule is CCC(C)(NCC1CCN(C(C)C)C1)C(=O)O. The van der Waals surface area contributed by atoms with Crippen molar-refractivity contribution < 1.29 is 9.90 Å². The second kappa shape index (κ2) is 5.83. The topological polar surface area (TPSA) is 52.6 Å². The minimum atomic E-state index is -0.773. The normalized spacial score (nSPS) is 25.1. The van der Waals surface area contributed by atoms with E-state index in [-0.39, 0.29) is 0 Å². The number of hydrogen-bond acceptors (Lipinski definition) is 3. The van der Waals surface area contributed by atoms with Gasteiger partial charge in [0.15, 0.2) is 0 Å². The average molecular weight is 242 g/mol. The average Bonchev–Trinajstić information content (AvgIpc) is 2.74. The van der Waals surface area contributed by atoms with Crippen molar-refractivity contribution in [3.8, 4) is 0 Å². The molecule has 0 aromatic rings. The molecule has 17 heavy (non-hydrogen) atoms. The predicted octanol–water partition coefficient (Wildman–Crippen LogP) is 1.56. The van der Waals surface area contributed by atoms with Crippen LogP contribution in [-0.4, -0.2) is 47.2 Å². The lowest BCUT2D eigenvalue weighted by molar-refractivity contribution is -0.144. The maximum absolute atomic E-state index is 11.2. The van der Waals surface area contributed by atoms with E-state index >= 15 is 0 Å². The van der Waals surface area contributed by atoms with E-state index in [0.29, 0.717) is 18.4 Å². The first-order valence-electron chi connectivity index (χ1n) is 6.61. The molecule has 0 aliphatic carbocycles. The highest BCUT2D eigenvalue weighted by Crippen LogP contribution is 2.19. The van der Waals surface area contributed by atoms with Gasteiger partial charge >= 0.3 is 5.97 Å². The zero-order valence-corrected chi connectivity index (χ0v) is 11.5. The van der Waals surface area contributed by atoms with Crippen molar-refractivity contribution in [1.29, 1.82) is 0 Å². The van der Waals surface area contributed by atoms with Gasteiger partial charge in [0.2, 0.25) is 0 Å². The van der Waals surface area contributed by atoms with E-state index in [1.165, 1.54) is 6.42 Å². The summed E-state index contributed by atoms with van der Waals surface area (Å²) in [7, 11) is 0. The second-order valence-corrected chi connectivity index (χ2v) is 5.62. The van der Waals surface area contributed by atoms with Crippen molar-refractivity contribution >= 4 is 5.97 Å². The molecule has 2 N–H and O–H groups in total. The molecule has 1 rings (SSSR count). The number of nitrogens with one attached hydrogen (secondary N) is 1. The van der Waals surface area contributed by atoms with E-state index in [1.54, 1.807) is 6.92 Å². The Hall–Kier alpha value is -0.610. The molecule has 1 aliphatic heterocycles. The molecule has 0 aromatic carbocycles. The first-order chi connectivity index (χ1) is 7.89. The van der Waals surface area contributed by atoms with Gasteiger partial charge in [-0.1, -0.05) is 6.92 Å². The fourth-order valence-electron chi connectivity index (χ4n) is 2.22. The standard InChI is InChI=1S/C13H26N2O2/c1-5-13(4,12(16)17)14-8-11-6-7-15(9-11)10(2)3/h10-11,14H,5-9H2,1-4H3,(H,16,17). The number of aliphatic carboxylic acids is 1. The van der Waals surface area contributed by atoms with Crippen LogP contribution in [0.4, 0.5) is 0 Å². The van der Waals surface area contributed by atoms with E-state index in [9.17, 15) is 9.90 Å². The molecule has 100 valence electrons. The summed E-state index contributed by atoms with van der Waals surface area (Å²) in [6.45, 7) is 11.1. The van der Waals surface area contributed by atoms with Crippen LogP contribution in [0, 0.1) is 5.92 Å². The minimum Gasteiger partial charge on any atom is -0.480 e. The first kappa shape index (κ1) is 14.5. The largest absolute Gasteiger partial charge is 0.480 e. The molecule has 1 heterocycles. The third kappa shape index (κ3) is 3.68. The van der Waals surface area contributed by atoms with Crippen molar-refractivity contribution in [2.75, 3.05) is 19.6 Å². The molecule has 0 saturated carbocycles. The Morgan fingerprint density at radius 1 is 1.59 bits per heavy atom. The van der Waals surface area contributed by atoms with Gasteiger partial charge in [0.05, 0.1) is 0 Å². The van der Waals surface area contributed by atoms with Crippen LogP contribution in [-0.2, 0) is 4.79 Å². The Morgan fingerprint density at radius 3 is 2.65 bits per heavy atom. The Balaban J connectivity index is 2.39. The maximum atomic E-state index is 11.2. The molecular weight excluding hydrogens is 216 g/mol. The van der Waals surface area contributed by atoms with Gasteiger partial charge in [0.25, 0.3) is 0 Å². The summed E-state index contributed by atoms with van der Waals surface area (Å²) in [5.74, 6) is -0.165. The van der Waals surface area contributed by atoms with Gasteiger partial charge in [-0.3, -0.25) is 4.79 Å². The molecular formula is C13H26N2O2. The van der Waals surface area contributed by atoms with Gasteiger partial charge in [-0.25, -0.2) is 0 Å². The Morgan fingerprint density at radius 2 is 2.24 bits per heavy atom. The van der Waals surface area contributed by atoms with Gasteiger partial charge in [0.1, 0.15) is 5.54 Å². The van der Waals surface area contributed by atoms with Gasteiger partial charge < -0.3 is 15.3 Å². The van der Waals surface area contributed by atoms with Crippen molar-refractivity contribution in [1.82, 2.24) is 10.2 Å². The molecule has 0 amide bonds. The van der Waals surface area contributed by atoms with Crippen molar-refractivity contribution in [3.05, 3.63) is 0 Å². The fourth-order valence-corrected chi connectivity index (χ4v) is 2.22. The van der Waals surface area contributed by atoms with Crippen LogP contribution in [0.5, 0.6) is 0 Å². The second-order valence-electron chi connectivity index (χ2n) is 5.62. The predicted molar refractivity (Wildman–Crippen MR) is 69.2 cm³/mol. The zero-order chi connectivity index (χ0) is 13.1. The van der Waals surface area contributed by atoms with E-state index in [1.807, 2.05) is 6.92 Å². The van der Waals surface area contributed by atoms with Gasteiger partial charge in [-0.15, -0.1) is 0 Å². The summed E-state index contributed by atoms with van der Waals surface area (Å²) in [5.41, 5.74) is -0.773. The van der Waals surface area contributed by atoms with Crippen molar-refractivity contribution in [3.63, 3.8) is 0 Å². The summed E-state index contributed by atoms with van der Waals surface area (Å²) in [6.07, 6.45) is 1.79. The number of carbonyl (C=O) groups is 1. The lowest BCUT2D eigenvalue weighted by Crippen LogP contribution is -2.50. The molecule has 1 saturated heterocycles. The number of likely N-dealkylation sites (tertiary alicyclic amines) is 1. The zero-order valence-electron chi connectivity index (χ0n) is 11.5. The van der Waals surface area contributed by atoms with Crippen LogP contribution in [0.15, 0.2) is 0 Å². The fraction of sp³-hybridized carbons (Fsp3) is 0.923. The molecule has 0 radical (unpaired) electrons. The molecule has 1 fully saturated rings. The van der Waals surface area contributed by atoms with Gasteiger partial charge in [-0.2, -0.15) is 0 Å². The van der Waals surface area contributed by atoms with E-state index in [2.05, 4.69) is 24.1 Å². The molecule has 0 bridgehead atoms. The van der Waals surface area contributed by atoms with Crippen LogP contribution in [0.3, 0.4) is 0 Å². The first-order valence-corrected chi connectivity index (χ1v) is 6.61. The number of nitrogens with zero attached hydrogens (tertiary/aromatic N) is 1. The van der Waals surface area contributed by atoms with E-state index in [0.717, 1.165) is 19.6 Å². The third-order valence-electron chi connectivity index (χ3n) is 4.01. The van der Waals surface area contributed by atoms with Crippen molar-refractivity contribution in [2.24, 2.45) is 5.92 Å². The molecule has 2 atom stereocenters. The summed E-state index contributed by atoms with van der Waals surface area (Å²) in [6, 6.07) is 0.594. The molecule has 2 unspecified atom stereocenters. The minimum absolute atomic E-state index is 0.586. The maximum Gasteiger partial charge on any atom is 0.323 e. The molecule has 1 aliphatic rings. The molecule has 0 spiro atoms. The Labute approximate surface area is 104 Å². The summed E-state index contributed by atoms with van der Waals surface area (Å²) >= 11 is 0. The van der Waals surface area contributed by atoms with Crippen LogP contribution >= 0.6 is 0 Å². The molecule has 4 nitrogen and oxygen atoms in total. The Kier molecular flexibility index (Phi) is 4.95. The van der Waals surface area contributed by atoms with Crippen LogP contribution in [0.2, 0.25) is 0 Å². The number of hydrogen-bond donors (Lipinski definition) is 2. The Bertz CT molecular complexity index is 268. The van der Waals surface area contributed by atoms with E-state index in [4.69, 9.17) is 0 Å². The summed E-state index contributed by atoms with van der Waals surface area (Å²) < 4.78 is 0. The molecule has 4 heteroatoms.